The Hall–Kier alpha value is -4.53. The van der Waals surface area contributed by atoms with Gasteiger partial charge in [-0.05, 0) is 80.2 Å². The molecule has 2 fully saturated rings. The van der Waals surface area contributed by atoms with Crippen molar-refractivity contribution in [3.63, 3.8) is 0 Å². The number of fused-ring (bicyclic) bond motifs is 1. The minimum absolute atomic E-state index is 0.00515. The Morgan fingerprint density at radius 2 is 1.63 bits per heavy atom. The maximum Gasteiger partial charge on any atom is 0.410 e. The van der Waals surface area contributed by atoms with Gasteiger partial charge in [0, 0.05) is 66.5 Å². The van der Waals surface area contributed by atoms with Crippen LogP contribution >= 0.6 is 0 Å². The van der Waals surface area contributed by atoms with E-state index in [0.29, 0.717) is 65.1 Å². The van der Waals surface area contributed by atoms with Crippen molar-refractivity contribution in [2.45, 2.75) is 102 Å². The zero-order valence-electron chi connectivity index (χ0n) is 31.5. The molecular formula is C37H51N9O5S. The molecule has 1 atom stereocenters. The molecule has 1 amide bonds. The van der Waals surface area contributed by atoms with Crippen LogP contribution in [-0.4, -0.2) is 94.6 Å². The van der Waals surface area contributed by atoms with Gasteiger partial charge in [0.05, 0.1) is 40.2 Å². The van der Waals surface area contributed by atoms with Crippen molar-refractivity contribution in [1.29, 1.82) is 0 Å². The molecule has 6 rings (SSSR count). The van der Waals surface area contributed by atoms with Crippen LogP contribution in [0, 0.1) is 19.8 Å². The van der Waals surface area contributed by atoms with E-state index in [1.54, 1.807) is 17.3 Å². The molecule has 2 saturated heterocycles. The molecule has 1 unspecified atom stereocenters. The first-order valence-corrected chi connectivity index (χ1v) is 19.1. The average Bonchev–Trinajstić information content (AvgIpc) is 3.42. The zero-order valence-corrected chi connectivity index (χ0v) is 32.3. The fraction of sp³-hybridized carbons (Fsp3) is 0.568. The number of nitrogens with one attached hydrogen (secondary N) is 2. The third-order valence-electron chi connectivity index (χ3n) is 9.33. The average molecular weight is 734 g/mol. The normalized spacial score (nSPS) is 16.9. The molecule has 2 aliphatic heterocycles. The van der Waals surface area contributed by atoms with Gasteiger partial charge in [-0.25, -0.2) is 24.7 Å². The molecule has 0 spiro atoms. The number of hydrogen-bond donors (Lipinski definition) is 2. The Morgan fingerprint density at radius 1 is 0.942 bits per heavy atom. The first-order valence-electron chi connectivity index (χ1n) is 18.0. The summed E-state index contributed by atoms with van der Waals surface area (Å²) in [5.41, 5.74) is 2.15. The SMILES string of the molecule is Cc1[nH]nc(Nc2ncnc3cc(OCC4CCN(c5ncc(OC6CCN(C(=O)OC(C)(C)C)CC6)cn5)CC4)c(S(=O)C(C)(C)C)cc23)c1C. The zero-order chi connectivity index (χ0) is 37.2. The van der Waals surface area contributed by atoms with E-state index in [2.05, 4.69) is 40.3 Å². The van der Waals surface area contributed by atoms with E-state index in [-0.39, 0.29) is 12.2 Å². The minimum atomic E-state index is -1.36. The van der Waals surface area contributed by atoms with Gasteiger partial charge in [-0.15, -0.1) is 0 Å². The second-order valence-electron chi connectivity index (χ2n) is 15.6. The molecule has 4 aromatic rings. The summed E-state index contributed by atoms with van der Waals surface area (Å²) < 4.78 is 31.4. The number of carbonyl (C=O) groups is 1. The number of benzene rings is 1. The van der Waals surface area contributed by atoms with E-state index in [0.717, 1.165) is 55.4 Å². The summed E-state index contributed by atoms with van der Waals surface area (Å²) in [6, 6.07) is 3.77. The summed E-state index contributed by atoms with van der Waals surface area (Å²) in [6.45, 7) is 18.7. The Bertz CT molecular complexity index is 1890. The predicted octanol–water partition coefficient (Wildman–Crippen LogP) is 6.48. The van der Waals surface area contributed by atoms with Crippen LogP contribution in [0.25, 0.3) is 10.9 Å². The molecule has 0 aliphatic carbocycles. The van der Waals surface area contributed by atoms with Gasteiger partial charge in [0.1, 0.15) is 29.6 Å². The Balaban J connectivity index is 1.04. The standard InChI is InChI=1S/C37H51N9O5S/c1-23-24(2)43-44-32(23)42-33-28-17-31(52(48)37(6,7)8)30(18-29(28)40-22-41-33)49-21-25-9-13-45(14-10-25)34-38-19-27(20-39-34)50-26-11-15-46(16-12-26)35(47)51-36(3,4)5/h17-20,22,25-26H,9-16,21H2,1-8H3,(H2,40,41,42,43,44). The van der Waals surface area contributed by atoms with E-state index in [9.17, 15) is 9.00 Å². The van der Waals surface area contributed by atoms with Gasteiger partial charge < -0.3 is 29.3 Å². The van der Waals surface area contributed by atoms with Gasteiger partial charge in [0.25, 0.3) is 0 Å². The largest absolute Gasteiger partial charge is 0.492 e. The molecule has 0 saturated carbocycles. The number of piperidine rings is 2. The lowest BCUT2D eigenvalue weighted by molar-refractivity contribution is 0.0126. The van der Waals surface area contributed by atoms with Crippen LogP contribution in [0.15, 0.2) is 35.7 Å². The number of H-pyrrole nitrogens is 1. The van der Waals surface area contributed by atoms with Crippen LogP contribution < -0.4 is 19.7 Å². The van der Waals surface area contributed by atoms with Crippen LogP contribution in [-0.2, 0) is 15.5 Å². The van der Waals surface area contributed by atoms with Crippen molar-refractivity contribution < 1.29 is 23.2 Å². The van der Waals surface area contributed by atoms with Crippen LogP contribution in [0.3, 0.4) is 0 Å². The number of aryl methyl sites for hydroxylation is 1. The fourth-order valence-electron chi connectivity index (χ4n) is 6.19. The van der Waals surface area contributed by atoms with E-state index in [4.69, 9.17) is 14.2 Å². The highest BCUT2D eigenvalue weighted by atomic mass is 32.2. The summed E-state index contributed by atoms with van der Waals surface area (Å²) >= 11 is 0. The Morgan fingerprint density at radius 3 is 2.25 bits per heavy atom. The summed E-state index contributed by atoms with van der Waals surface area (Å²) in [6.07, 6.45) is 7.95. The molecule has 280 valence electrons. The second-order valence-corrected chi connectivity index (χ2v) is 17.8. The number of amides is 1. The predicted molar refractivity (Wildman–Crippen MR) is 201 cm³/mol. The summed E-state index contributed by atoms with van der Waals surface area (Å²) in [5, 5.41) is 11.4. The molecule has 2 aliphatic rings. The van der Waals surface area contributed by atoms with E-state index < -0.39 is 21.1 Å². The van der Waals surface area contributed by atoms with Crippen LogP contribution in [0.4, 0.5) is 22.4 Å². The van der Waals surface area contributed by atoms with Crippen molar-refractivity contribution in [2.75, 3.05) is 43.0 Å². The van der Waals surface area contributed by atoms with Crippen LogP contribution in [0.2, 0.25) is 0 Å². The molecule has 1 aromatic carbocycles. The number of ether oxygens (including phenoxy) is 3. The van der Waals surface area contributed by atoms with E-state index >= 15 is 0 Å². The Kier molecular flexibility index (Phi) is 10.9. The van der Waals surface area contributed by atoms with Crippen molar-refractivity contribution in [1.82, 2.24) is 35.0 Å². The van der Waals surface area contributed by atoms with Gasteiger partial charge in [0.15, 0.2) is 11.6 Å². The molecule has 0 radical (unpaired) electrons. The number of aromatic nitrogens is 6. The molecule has 52 heavy (non-hydrogen) atoms. The van der Waals surface area contributed by atoms with Crippen molar-refractivity contribution in [3.8, 4) is 11.5 Å². The van der Waals surface area contributed by atoms with Crippen molar-refractivity contribution >= 4 is 45.4 Å². The minimum Gasteiger partial charge on any atom is -0.492 e. The van der Waals surface area contributed by atoms with Gasteiger partial charge >= 0.3 is 6.09 Å². The number of hydrogen-bond acceptors (Lipinski definition) is 12. The third-order valence-corrected chi connectivity index (χ3v) is 11.2. The lowest BCUT2D eigenvalue weighted by Gasteiger charge is -2.33. The number of nitrogens with zero attached hydrogens (tertiary/aromatic N) is 7. The lowest BCUT2D eigenvalue weighted by atomic mass is 9.98. The van der Waals surface area contributed by atoms with Gasteiger partial charge in [0.2, 0.25) is 5.95 Å². The number of aromatic amines is 1. The van der Waals surface area contributed by atoms with Crippen molar-refractivity contribution in [2.24, 2.45) is 5.92 Å². The first-order chi connectivity index (χ1) is 24.6. The second kappa shape index (κ2) is 15.2. The lowest BCUT2D eigenvalue weighted by Crippen LogP contribution is -2.44. The monoisotopic (exact) mass is 733 g/mol. The highest BCUT2D eigenvalue weighted by molar-refractivity contribution is 7.86. The Labute approximate surface area is 307 Å². The van der Waals surface area contributed by atoms with E-state index in [1.807, 2.05) is 67.5 Å². The summed E-state index contributed by atoms with van der Waals surface area (Å²) in [5.74, 6) is 3.47. The summed E-state index contributed by atoms with van der Waals surface area (Å²) in [4.78, 5) is 35.2. The van der Waals surface area contributed by atoms with Crippen molar-refractivity contribution in [3.05, 3.63) is 42.1 Å². The molecule has 15 heteroatoms. The highest BCUT2D eigenvalue weighted by Crippen LogP contribution is 2.36. The quantitative estimate of drug-likeness (QED) is 0.193. The van der Waals surface area contributed by atoms with Crippen LogP contribution in [0.1, 0.15) is 78.5 Å². The third kappa shape index (κ3) is 8.91. The molecule has 2 N–H and O–H groups in total. The number of carbonyl (C=O) groups excluding carboxylic acids is 1. The van der Waals surface area contributed by atoms with Gasteiger partial charge in [-0.2, -0.15) is 5.10 Å². The van der Waals surface area contributed by atoms with Gasteiger partial charge in [-0.3, -0.25) is 9.31 Å². The maximum atomic E-state index is 13.8. The number of likely N-dealkylation sites (tertiary alicyclic amines) is 1. The van der Waals surface area contributed by atoms with Crippen LogP contribution in [0.5, 0.6) is 11.5 Å². The topological polar surface area (TPSA) is 161 Å². The van der Waals surface area contributed by atoms with Gasteiger partial charge in [-0.1, -0.05) is 0 Å². The number of rotatable bonds is 9. The molecule has 3 aromatic heterocycles. The first kappa shape index (κ1) is 37.2. The molecule has 5 heterocycles. The molecule has 0 bridgehead atoms. The highest BCUT2D eigenvalue weighted by Gasteiger charge is 2.29. The molecular weight excluding hydrogens is 683 g/mol. The number of anilines is 3. The maximum absolute atomic E-state index is 13.8. The summed E-state index contributed by atoms with van der Waals surface area (Å²) in [7, 11) is -1.36. The smallest absolute Gasteiger partial charge is 0.410 e. The fourth-order valence-corrected chi connectivity index (χ4v) is 7.37. The molecule has 14 nitrogen and oxygen atoms in total. The van der Waals surface area contributed by atoms with E-state index in [1.165, 1.54) is 6.33 Å².